The molecule has 2 N–H and O–H groups in total. The molecule has 0 saturated carbocycles. The third-order valence-corrected chi connectivity index (χ3v) is 5.74. The van der Waals surface area contributed by atoms with Crippen molar-refractivity contribution in [2.24, 2.45) is 0 Å². The predicted octanol–water partition coefficient (Wildman–Crippen LogP) is 6.95. The molecule has 0 aliphatic heterocycles. The number of rotatable bonds is 9. The lowest BCUT2D eigenvalue weighted by molar-refractivity contribution is -0.118. The van der Waals surface area contributed by atoms with Crippen molar-refractivity contribution in [2.45, 2.75) is 34.2 Å². The molecule has 5 nitrogen and oxygen atoms in total. The molecule has 174 valence electrons. The van der Waals surface area contributed by atoms with Crippen LogP contribution in [0.4, 0.5) is 11.4 Å². The Balaban J connectivity index is 1.69. The monoisotopic (exact) mass is 486 g/mol. The Morgan fingerprint density at radius 3 is 2.39 bits per heavy atom. The molecular formula is C26H28Cl2N2O3. The summed E-state index contributed by atoms with van der Waals surface area (Å²) < 4.78 is 11.5. The van der Waals surface area contributed by atoms with Gasteiger partial charge in [0.25, 0.3) is 5.91 Å². The van der Waals surface area contributed by atoms with Gasteiger partial charge < -0.3 is 20.1 Å². The van der Waals surface area contributed by atoms with E-state index in [0.717, 1.165) is 22.4 Å². The molecule has 0 aliphatic rings. The number of hydrogen-bond acceptors (Lipinski definition) is 4. The van der Waals surface area contributed by atoms with Gasteiger partial charge in [0.2, 0.25) is 0 Å². The minimum absolute atomic E-state index is 0.217. The smallest absolute Gasteiger partial charge is 0.262 e. The Morgan fingerprint density at radius 2 is 1.67 bits per heavy atom. The quantitative estimate of drug-likeness (QED) is 0.343. The van der Waals surface area contributed by atoms with Gasteiger partial charge in [-0.1, -0.05) is 41.4 Å². The van der Waals surface area contributed by atoms with Crippen molar-refractivity contribution >= 4 is 40.5 Å². The molecular weight excluding hydrogens is 459 g/mol. The molecule has 0 saturated heterocycles. The SMILES string of the molecule is CCOc1cc(CNc2cc(C)ccc2C)cc(Cl)c1OCC(=O)Nc1ccc(C)c(Cl)c1. The van der Waals surface area contributed by atoms with Gasteiger partial charge in [0.15, 0.2) is 18.1 Å². The molecule has 0 spiro atoms. The Bertz CT molecular complexity index is 1150. The van der Waals surface area contributed by atoms with Gasteiger partial charge in [-0.15, -0.1) is 0 Å². The van der Waals surface area contributed by atoms with Crippen LogP contribution in [0.1, 0.15) is 29.2 Å². The lowest BCUT2D eigenvalue weighted by Gasteiger charge is -2.16. The van der Waals surface area contributed by atoms with Gasteiger partial charge in [-0.25, -0.2) is 0 Å². The summed E-state index contributed by atoms with van der Waals surface area (Å²) in [6.07, 6.45) is 0. The van der Waals surface area contributed by atoms with Gasteiger partial charge in [0.05, 0.1) is 11.6 Å². The number of nitrogens with one attached hydrogen (secondary N) is 2. The molecule has 0 heterocycles. The van der Waals surface area contributed by atoms with Gasteiger partial charge in [-0.3, -0.25) is 4.79 Å². The number of aryl methyl sites for hydroxylation is 3. The van der Waals surface area contributed by atoms with Crippen LogP contribution in [0.2, 0.25) is 10.0 Å². The zero-order valence-corrected chi connectivity index (χ0v) is 20.7. The van der Waals surface area contributed by atoms with Crippen molar-refractivity contribution in [2.75, 3.05) is 23.8 Å². The molecule has 0 bridgehead atoms. The van der Waals surface area contributed by atoms with E-state index in [0.29, 0.717) is 40.4 Å². The van der Waals surface area contributed by atoms with E-state index in [1.165, 1.54) is 5.56 Å². The molecule has 0 radical (unpaired) electrons. The van der Waals surface area contributed by atoms with Crippen LogP contribution < -0.4 is 20.1 Å². The summed E-state index contributed by atoms with van der Waals surface area (Å²) in [6, 6.07) is 15.3. The number of carbonyl (C=O) groups is 1. The molecule has 3 aromatic rings. The molecule has 0 atom stereocenters. The molecule has 33 heavy (non-hydrogen) atoms. The van der Waals surface area contributed by atoms with Crippen LogP contribution in [0.25, 0.3) is 0 Å². The Hall–Kier alpha value is -2.89. The number of halogens is 2. The van der Waals surface area contributed by atoms with Crippen molar-refractivity contribution in [1.29, 1.82) is 0 Å². The normalized spacial score (nSPS) is 10.6. The first-order chi connectivity index (χ1) is 15.8. The molecule has 0 fully saturated rings. The number of amides is 1. The predicted molar refractivity (Wildman–Crippen MR) is 136 cm³/mol. The first-order valence-electron chi connectivity index (χ1n) is 10.7. The maximum absolute atomic E-state index is 12.4. The summed E-state index contributed by atoms with van der Waals surface area (Å²) in [6.45, 7) is 8.69. The summed E-state index contributed by atoms with van der Waals surface area (Å²) in [5, 5.41) is 7.17. The molecule has 3 rings (SSSR count). The average Bonchev–Trinajstić information content (AvgIpc) is 2.76. The van der Waals surface area contributed by atoms with Gasteiger partial charge >= 0.3 is 0 Å². The number of benzene rings is 3. The molecule has 0 unspecified atom stereocenters. The van der Waals surface area contributed by atoms with Gasteiger partial charge in [0, 0.05) is 22.9 Å². The minimum Gasteiger partial charge on any atom is -0.490 e. The van der Waals surface area contributed by atoms with E-state index in [9.17, 15) is 4.79 Å². The number of ether oxygens (including phenoxy) is 2. The molecule has 3 aromatic carbocycles. The summed E-state index contributed by atoms with van der Waals surface area (Å²) in [4.78, 5) is 12.4. The van der Waals surface area contributed by atoms with Crippen LogP contribution in [0, 0.1) is 20.8 Å². The zero-order valence-electron chi connectivity index (χ0n) is 19.2. The fourth-order valence-electron chi connectivity index (χ4n) is 3.26. The van der Waals surface area contributed by atoms with E-state index in [4.69, 9.17) is 32.7 Å². The first-order valence-corrected chi connectivity index (χ1v) is 11.5. The van der Waals surface area contributed by atoms with Crippen molar-refractivity contribution < 1.29 is 14.3 Å². The highest BCUT2D eigenvalue weighted by Crippen LogP contribution is 2.37. The highest BCUT2D eigenvalue weighted by atomic mass is 35.5. The van der Waals surface area contributed by atoms with Gasteiger partial charge in [-0.2, -0.15) is 0 Å². The van der Waals surface area contributed by atoms with Crippen LogP contribution in [0.15, 0.2) is 48.5 Å². The fourth-order valence-corrected chi connectivity index (χ4v) is 3.72. The Morgan fingerprint density at radius 1 is 0.909 bits per heavy atom. The maximum Gasteiger partial charge on any atom is 0.262 e. The molecule has 0 aromatic heterocycles. The Labute approximate surface area is 205 Å². The second kappa shape index (κ2) is 11.3. The van der Waals surface area contributed by atoms with E-state index in [1.54, 1.807) is 12.1 Å². The second-order valence-electron chi connectivity index (χ2n) is 7.81. The van der Waals surface area contributed by atoms with Crippen LogP contribution in [0.3, 0.4) is 0 Å². The fraction of sp³-hybridized carbons (Fsp3) is 0.269. The molecule has 0 aliphatic carbocycles. The molecule has 1 amide bonds. The third kappa shape index (κ3) is 6.80. The van der Waals surface area contributed by atoms with Crippen LogP contribution in [-0.2, 0) is 11.3 Å². The van der Waals surface area contributed by atoms with Crippen LogP contribution in [0.5, 0.6) is 11.5 Å². The van der Waals surface area contributed by atoms with E-state index in [2.05, 4.69) is 42.7 Å². The lowest BCUT2D eigenvalue weighted by Crippen LogP contribution is -2.20. The maximum atomic E-state index is 12.4. The van der Waals surface area contributed by atoms with E-state index >= 15 is 0 Å². The average molecular weight is 487 g/mol. The largest absolute Gasteiger partial charge is 0.490 e. The summed E-state index contributed by atoms with van der Waals surface area (Å²) in [5.74, 6) is 0.508. The zero-order chi connectivity index (χ0) is 24.0. The summed E-state index contributed by atoms with van der Waals surface area (Å²) in [7, 11) is 0. The highest BCUT2D eigenvalue weighted by molar-refractivity contribution is 6.32. The van der Waals surface area contributed by atoms with Gasteiger partial charge in [0.1, 0.15) is 0 Å². The number of carbonyl (C=O) groups excluding carboxylic acids is 1. The third-order valence-electron chi connectivity index (χ3n) is 5.05. The number of hydrogen-bond donors (Lipinski definition) is 2. The van der Waals surface area contributed by atoms with Crippen molar-refractivity contribution in [3.63, 3.8) is 0 Å². The second-order valence-corrected chi connectivity index (χ2v) is 8.63. The summed E-state index contributed by atoms with van der Waals surface area (Å²) >= 11 is 12.6. The standard InChI is InChI=1S/C26H28Cl2N2O3/c1-5-32-24-12-19(14-29-23-10-16(2)6-7-18(23)4)11-22(28)26(24)33-15-25(31)30-20-9-8-17(3)21(27)13-20/h6-13,29H,5,14-15H2,1-4H3,(H,30,31). The topological polar surface area (TPSA) is 59.6 Å². The lowest BCUT2D eigenvalue weighted by atomic mass is 10.1. The van der Waals surface area contributed by atoms with Crippen molar-refractivity contribution in [3.05, 3.63) is 80.8 Å². The van der Waals surface area contributed by atoms with Gasteiger partial charge in [-0.05, 0) is 80.3 Å². The van der Waals surface area contributed by atoms with Crippen molar-refractivity contribution in [1.82, 2.24) is 0 Å². The Kier molecular flexibility index (Phi) is 8.48. The summed E-state index contributed by atoms with van der Waals surface area (Å²) in [5.41, 5.74) is 5.89. The minimum atomic E-state index is -0.325. The van der Waals surface area contributed by atoms with Crippen molar-refractivity contribution in [3.8, 4) is 11.5 Å². The van der Waals surface area contributed by atoms with E-state index < -0.39 is 0 Å². The van der Waals surface area contributed by atoms with Crippen LogP contribution >= 0.6 is 23.2 Å². The highest BCUT2D eigenvalue weighted by Gasteiger charge is 2.15. The number of anilines is 2. The first kappa shape index (κ1) is 24.7. The van der Waals surface area contributed by atoms with E-state index in [1.807, 2.05) is 32.0 Å². The molecule has 7 heteroatoms. The van der Waals surface area contributed by atoms with E-state index in [-0.39, 0.29) is 12.5 Å². The van der Waals surface area contributed by atoms with Crippen LogP contribution in [-0.4, -0.2) is 19.1 Å².